The molecule has 0 bridgehead atoms. The molecule has 11 heteroatoms. The lowest BCUT2D eigenvalue weighted by atomic mass is 10.0. The zero-order chi connectivity index (χ0) is 22.6. The van der Waals surface area contributed by atoms with Gasteiger partial charge in [0.05, 0.1) is 24.2 Å². The fourth-order valence-corrected chi connectivity index (χ4v) is 4.30. The molecule has 1 aliphatic rings. The average Bonchev–Trinajstić information content (AvgIpc) is 3.53. The maximum Gasteiger partial charge on any atom is 0.433 e. The van der Waals surface area contributed by atoms with E-state index in [9.17, 15) is 18.0 Å². The summed E-state index contributed by atoms with van der Waals surface area (Å²) in [5.41, 5.74) is 0.241. The first-order valence-electron chi connectivity index (χ1n) is 9.99. The molecule has 5 heterocycles. The van der Waals surface area contributed by atoms with Crippen molar-refractivity contribution in [2.24, 2.45) is 0 Å². The molecular formula is C21H18F3N5O3. The monoisotopic (exact) mass is 445 g/mol. The van der Waals surface area contributed by atoms with Crippen molar-refractivity contribution >= 4 is 11.6 Å². The van der Waals surface area contributed by atoms with Crippen molar-refractivity contribution in [3.63, 3.8) is 0 Å². The summed E-state index contributed by atoms with van der Waals surface area (Å²) in [5.74, 6) is 0.330. The zero-order valence-electron chi connectivity index (χ0n) is 17.2. The molecule has 0 N–H and O–H groups in total. The Bertz CT molecular complexity index is 1290. The lowest BCUT2D eigenvalue weighted by Crippen LogP contribution is -2.31. The Balaban J connectivity index is 1.63. The summed E-state index contributed by atoms with van der Waals surface area (Å²) in [6, 6.07) is 3.63. The van der Waals surface area contributed by atoms with E-state index in [2.05, 4.69) is 15.2 Å². The van der Waals surface area contributed by atoms with E-state index in [1.165, 1.54) is 12.3 Å². The number of carbonyl (C=O) groups is 1. The van der Waals surface area contributed by atoms with Gasteiger partial charge in [0.15, 0.2) is 17.1 Å². The van der Waals surface area contributed by atoms with Crippen molar-refractivity contribution in [2.45, 2.75) is 38.9 Å². The molecular weight excluding hydrogens is 427 g/mol. The summed E-state index contributed by atoms with van der Waals surface area (Å²) >= 11 is 0. The van der Waals surface area contributed by atoms with E-state index in [0.29, 0.717) is 28.9 Å². The molecule has 0 radical (unpaired) electrons. The summed E-state index contributed by atoms with van der Waals surface area (Å²) in [7, 11) is 0. The van der Waals surface area contributed by atoms with Crippen LogP contribution in [-0.2, 0) is 6.18 Å². The second-order valence-corrected chi connectivity index (χ2v) is 7.69. The SMILES string of the molecule is Cc1noc(C)c1C1CCCN1C(=O)c1cnn2c(C(F)(F)F)cc(-c3ccco3)nc12. The zero-order valence-corrected chi connectivity index (χ0v) is 17.2. The molecule has 1 atom stereocenters. The Kier molecular flexibility index (Phi) is 4.57. The van der Waals surface area contributed by atoms with E-state index >= 15 is 0 Å². The molecule has 0 aromatic carbocycles. The van der Waals surface area contributed by atoms with Crippen molar-refractivity contribution in [3.8, 4) is 11.5 Å². The number of amides is 1. The van der Waals surface area contributed by atoms with Crippen LogP contribution in [0.5, 0.6) is 0 Å². The predicted octanol–water partition coefficient (Wildman–Crippen LogP) is 4.59. The first kappa shape index (κ1) is 20.3. The van der Waals surface area contributed by atoms with Crippen molar-refractivity contribution in [3.05, 3.63) is 58.9 Å². The lowest BCUT2D eigenvalue weighted by molar-refractivity contribution is -0.142. The second kappa shape index (κ2) is 7.21. The van der Waals surface area contributed by atoms with E-state index in [-0.39, 0.29) is 28.7 Å². The summed E-state index contributed by atoms with van der Waals surface area (Å²) < 4.78 is 52.4. The molecule has 4 aromatic rings. The van der Waals surface area contributed by atoms with E-state index < -0.39 is 17.8 Å². The number of alkyl halides is 3. The molecule has 166 valence electrons. The third-order valence-electron chi connectivity index (χ3n) is 5.70. The molecule has 5 rings (SSSR count). The summed E-state index contributed by atoms with van der Waals surface area (Å²) in [6.07, 6.45) is -0.781. The number of likely N-dealkylation sites (tertiary alicyclic amines) is 1. The number of aryl methyl sites for hydroxylation is 2. The number of hydrogen-bond acceptors (Lipinski definition) is 6. The van der Waals surface area contributed by atoms with Gasteiger partial charge in [-0.2, -0.15) is 18.3 Å². The largest absolute Gasteiger partial charge is 0.463 e. The van der Waals surface area contributed by atoms with Crippen LogP contribution in [0.25, 0.3) is 17.1 Å². The predicted molar refractivity (Wildman–Crippen MR) is 105 cm³/mol. The van der Waals surface area contributed by atoms with Gasteiger partial charge in [0.2, 0.25) is 0 Å². The molecule has 1 amide bonds. The lowest BCUT2D eigenvalue weighted by Gasteiger charge is -2.24. The Morgan fingerprint density at radius 3 is 2.75 bits per heavy atom. The molecule has 1 saturated heterocycles. The van der Waals surface area contributed by atoms with Crippen LogP contribution in [0.15, 0.2) is 39.6 Å². The molecule has 1 aliphatic heterocycles. The molecule has 0 saturated carbocycles. The summed E-state index contributed by atoms with van der Waals surface area (Å²) in [5, 5.41) is 7.82. The summed E-state index contributed by atoms with van der Waals surface area (Å²) in [4.78, 5) is 19.4. The quantitative estimate of drug-likeness (QED) is 0.458. The Labute approximate surface area is 179 Å². The third-order valence-corrected chi connectivity index (χ3v) is 5.70. The summed E-state index contributed by atoms with van der Waals surface area (Å²) in [6.45, 7) is 4.03. The van der Waals surface area contributed by atoms with Gasteiger partial charge in [-0.1, -0.05) is 5.16 Å². The van der Waals surface area contributed by atoms with E-state index in [0.717, 1.165) is 24.2 Å². The number of nitrogens with zero attached hydrogens (tertiary/aromatic N) is 5. The van der Waals surface area contributed by atoms with Crippen LogP contribution in [0, 0.1) is 13.8 Å². The van der Waals surface area contributed by atoms with Crippen LogP contribution in [-0.4, -0.2) is 37.1 Å². The number of carbonyl (C=O) groups excluding carboxylic acids is 1. The highest BCUT2D eigenvalue weighted by Crippen LogP contribution is 2.38. The highest BCUT2D eigenvalue weighted by molar-refractivity contribution is 6.00. The van der Waals surface area contributed by atoms with Crippen LogP contribution >= 0.6 is 0 Å². The van der Waals surface area contributed by atoms with E-state index in [1.807, 2.05) is 0 Å². The smallest absolute Gasteiger partial charge is 0.433 e. The van der Waals surface area contributed by atoms with Crippen molar-refractivity contribution in [2.75, 3.05) is 6.54 Å². The van der Waals surface area contributed by atoms with Crippen LogP contribution in [0.2, 0.25) is 0 Å². The average molecular weight is 445 g/mol. The molecule has 1 fully saturated rings. The number of hydrogen-bond donors (Lipinski definition) is 0. The topological polar surface area (TPSA) is 89.7 Å². The second-order valence-electron chi connectivity index (χ2n) is 7.69. The number of fused-ring (bicyclic) bond motifs is 1. The number of furan rings is 1. The van der Waals surface area contributed by atoms with Gasteiger partial charge in [-0.15, -0.1) is 0 Å². The van der Waals surface area contributed by atoms with Crippen molar-refractivity contribution < 1.29 is 26.9 Å². The minimum Gasteiger partial charge on any atom is -0.463 e. The van der Waals surface area contributed by atoms with Crippen molar-refractivity contribution in [1.82, 2.24) is 24.7 Å². The van der Waals surface area contributed by atoms with Gasteiger partial charge in [0.1, 0.15) is 17.0 Å². The van der Waals surface area contributed by atoms with Crippen LogP contribution in [0.4, 0.5) is 13.2 Å². The first-order valence-corrected chi connectivity index (χ1v) is 9.99. The van der Waals surface area contributed by atoms with Gasteiger partial charge in [0.25, 0.3) is 5.91 Å². The minimum atomic E-state index is -4.71. The highest BCUT2D eigenvalue weighted by Gasteiger charge is 2.38. The van der Waals surface area contributed by atoms with Crippen LogP contribution in [0.3, 0.4) is 0 Å². The number of rotatable bonds is 3. The molecule has 0 spiro atoms. The van der Waals surface area contributed by atoms with Gasteiger partial charge < -0.3 is 13.8 Å². The van der Waals surface area contributed by atoms with Gasteiger partial charge >= 0.3 is 6.18 Å². The molecule has 4 aromatic heterocycles. The Morgan fingerprint density at radius 2 is 2.09 bits per heavy atom. The maximum absolute atomic E-state index is 13.8. The third kappa shape index (κ3) is 3.15. The van der Waals surface area contributed by atoms with Crippen LogP contribution in [0.1, 0.15) is 52.0 Å². The van der Waals surface area contributed by atoms with Gasteiger partial charge in [0, 0.05) is 12.1 Å². The van der Waals surface area contributed by atoms with Crippen LogP contribution < -0.4 is 0 Å². The first-order chi connectivity index (χ1) is 15.3. The highest BCUT2D eigenvalue weighted by atomic mass is 19.4. The minimum absolute atomic E-state index is 0.0115. The fourth-order valence-electron chi connectivity index (χ4n) is 4.30. The number of aromatic nitrogens is 4. The van der Waals surface area contributed by atoms with E-state index in [4.69, 9.17) is 8.94 Å². The Hall–Kier alpha value is -3.63. The van der Waals surface area contributed by atoms with Crippen molar-refractivity contribution in [1.29, 1.82) is 0 Å². The van der Waals surface area contributed by atoms with E-state index in [1.54, 1.807) is 24.8 Å². The normalized spacial score (nSPS) is 16.9. The standard InChI is InChI=1S/C21H18F3N5O3/c1-11-18(12(2)32-27-11)15-5-3-7-28(15)20(30)13-10-25-29-17(21(22,23)24)9-14(26-19(13)29)16-6-4-8-31-16/h4,6,8-10,15H,3,5,7H2,1-2H3. The Morgan fingerprint density at radius 1 is 1.28 bits per heavy atom. The van der Waals surface area contributed by atoms with Gasteiger partial charge in [-0.3, -0.25) is 4.79 Å². The molecule has 32 heavy (non-hydrogen) atoms. The molecule has 1 unspecified atom stereocenters. The molecule has 8 nitrogen and oxygen atoms in total. The molecule has 0 aliphatic carbocycles. The van der Waals surface area contributed by atoms with Gasteiger partial charge in [-0.25, -0.2) is 9.50 Å². The fraction of sp³-hybridized carbons (Fsp3) is 0.333. The number of halogens is 3. The maximum atomic E-state index is 13.8. The van der Waals surface area contributed by atoms with Gasteiger partial charge in [-0.05, 0) is 44.9 Å².